The van der Waals surface area contributed by atoms with Gasteiger partial charge in [0.25, 0.3) is 0 Å². The lowest BCUT2D eigenvalue weighted by Gasteiger charge is -2.38. The third-order valence-corrected chi connectivity index (χ3v) is 12.5. The van der Waals surface area contributed by atoms with E-state index in [9.17, 15) is 13.9 Å². The van der Waals surface area contributed by atoms with Gasteiger partial charge in [0.05, 0.1) is 28.7 Å². The van der Waals surface area contributed by atoms with Crippen molar-refractivity contribution in [2.45, 2.75) is 94.2 Å². The molecule has 5 fully saturated rings. The van der Waals surface area contributed by atoms with E-state index in [0.29, 0.717) is 55.5 Å². The molecule has 15 heteroatoms. The van der Waals surface area contributed by atoms with Crippen LogP contribution in [0.3, 0.4) is 0 Å². The molecule has 3 aromatic heterocycles. The van der Waals surface area contributed by atoms with Gasteiger partial charge in [-0.25, -0.2) is 22.2 Å². The first-order valence-electron chi connectivity index (χ1n) is 18.5. The van der Waals surface area contributed by atoms with Crippen molar-refractivity contribution in [3.63, 3.8) is 0 Å². The molecule has 1 N–H and O–H groups in total. The van der Waals surface area contributed by atoms with E-state index in [2.05, 4.69) is 20.0 Å². The quantitative estimate of drug-likeness (QED) is 0.190. The van der Waals surface area contributed by atoms with Gasteiger partial charge in [-0.1, -0.05) is 18.5 Å². The van der Waals surface area contributed by atoms with Crippen LogP contribution in [0.25, 0.3) is 33.1 Å². The Morgan fingerprint density at radius 2 is 1.90 bits per heavy atom. The summed E-state index contributed by atoms with van der Waals surface area (Å²) in [6, 6.07) is -0.114. The van der Waals surface area contributed by atoms with Gasteiger partial charge in [-0.15, -0.1) is 0 Å². The van der Waals surface area contributed by atoms with Crippen molar-refractivity contribution in [2.75, 3.05) is 51.0 Å². The van der Waals surface area contributed by atoms with Gasteiger partial charge >= 0.3 is 6.01 Å². The second-order valence-corrected chi connectivity index (χ2v) is 16.0. The number of hydrogen-bond donors (Lipinski definition) is 1. The number of ether oxygens (including phenoxy) is 2. The van der Waals surface area contributed by atoms with Crippen LogP contribution >= 0.6 is 11.6 Å². The zero-order chi connectivity index (χ0) is 35.9. The van der Waals surface area contributed by atoms with Crippen LogP contribution in [0.4, 0.5) is 23.4 Å². The van der Waals surface area contributed by atoms with Gasteiger partial charge in [-0.2, -0.15) is 15.1 Å². The first-order chi connectivity index (χ1) is 25.1. The molecule has 7 heterocycles. The minimum absolute atomic E-state index is 0.0660. The van der Waals surface area contributed by atoms with Crippen LogP contribution < -0.4 is 9.64 Å². The lowest BCUT2D eigenvalue weighted by atomic mass is 9.93. The van der Waals surface area contributed by atoms with Gasteiger partial charge in [0.1, 0.15) is 47.6 Å². The fraction of sp³-hybridized carbons (Fsp3) is 0.622. The molecule has 10 nitrogen and oxygen atoms in total. The van der Waals surface area contributed by atoms with E-state index in [0.717, 1.165) is 38.6 Å². The predicted octanol–water partition coefficient (Wildman–Crippen LogP) is 7.05. The first kappa shape index (κ1) is 34.4. The van der Waals surface area contributed by atoms with Crippen molar-refractivity contribution in [3.05, 3.63) is 34.6 Å². The summed E-state index contributed by atoms with van der Waals surface area (Å²) in [6.07, 6.45) is 7.49. The Balaban J connectivity index is 1.21. The molecular weight excluding hydrogens is 702 g/mol. The molecule has 1 aromatic carbocycles. The van der Waals surface area contributed by atoms with Crippen LogP contribution in [0.15, 0.2) is 12.4 Å². The van der Waals surface area contributed by atoms with Gasteiger partial charge in [-0.05, 0) is 75.3 Å². The van der Waals surface area contributed by atoms with E-state index in [1.807, 2.05) is 6.92 Å². The molecule has 4 saturated heterocycles. The first-order valence-corrected chi connectivity index (χ1v) is 18.9. The molecule has 6 atom stereocenters. The monoisotopic (exact) mass is 743 g/mol. The van der Waals surface area contributed by atoms with Crippen molar-refractivity contribution in [1.29, 1.82) is 0 Å². The number of benzene rings is 1. The van der Waals surface area contributed by atoms with E-state index >= 15 is 8.78 Å². The van der Waals surface area contributed by atoms with Crippen LogP contribution in [0.2, 0.25) is 5.02 Å². The largest absolute Gasteiger partial charge is 0.461 e. The molecule has 52 heavy (non-hydrogen) atoms. The summed E-state index contributed by atoms with van der Waals surface area (Å²) in [4.78, 5) is 17.8. The van der Waals surface area contributed by atoms with Crippen LogP contribution in [-0.4, -0.2) is 98.1 Å². The molecule has 278 valence electrons. The maximum atomic E-state index is 17.4. The number of alkyl halides is 2. The maximum absolute atomic E-state index is 17.4. The molecule has 0 radical (unpaired) electrons. The van der Waals surface area contributed by atoms with E-state index in [-0.39, 0.29) is 70.4 Å². The molecular formula is C37H42ClF4N7O3. The summed E-state index contributed by atoms with van der Waals surface area (Å²) in [6.45, 7) is 3.20. The highest BCUT2D eigenvalue weighted by molar-refractivity contribution is 6.33. The molecule has 0 spiro atoms. The van der Waals surface area contributed by atoms with Gasteiger partial charge in [0.2, 0.25) is 0 Å². The summed E-state index contributed by atoms with van der Waals surface area (Å²) >= 11 is 6.87. The second kappa shape index (κ2) is 12.9. The molecule has 1 aliphatic carbocycles. The van der Waals surface area contributed by atoms with E-state index in [1.54, 1.807) is 4.90 Å². The molecule has 0 amide bonds. The number of rotatable bonds is 8. The Hall–Kier alpha value is -3.33. The fourth-order valence-corrected chi connectivity index (χ4v) is 9.58. The van der Waals surface area contributed by atoms with E-state index in [1.165, 1.54) is 17.1 Å². The number of aliphatic hydroxyl groups is 1. The average Bonchev–Trinajstić information content (AvgIpc) is 3.42. The summed E-state index contributed by atoms with van der Waals surface area (Å²) in [5.74, 6) is -1.07. The number of piperidine rings is 1. The molecule has 1 saturated carbocycles. The van der Waals surface area contributed by atoms with Gasteiger partial charge < -0.3 is 19.5 Å². The van der Waals surface area contributed by atoms with Gasteiger partial charge in [-0.3, -0.25) is 9.88 Å². The normalized spacial score (nSPS) is 30.8. The third-order valence-electron chi connectivity index (χ3n) is 12.1. The molecule has 1 unspecified atom stereocenters. The lowest BCUT2D eigenvalue weighted by Crippen LogP contribution is -2.50. The number of aromatic nitrogens is 5. The van der Waals surface area contributed by atoms with Crippen molar-refractivity contribution < 1.29 is 32.1 Å². The number of β-amino-alcohol motifs (C(OH)–C–C–N with tert-alkyl or cyclic N) is 1. The van der Waals surface area contributed by atoms with Gasteiger partial charge in [0, 0.05) is 43.3 Å². The molecule has 4 aliphatic heterocycles. The van der Waals surface area contributed by atoms with E-state index in [4.69, 9.17) is 26.1 Å². The Morgan fingerprint density at radius 3 is 2.67 bits per heavy atom. The number of anilines is 1. The average molecular weight is 744 g/mol. The van der Waals surface area contributed by atoms with Crippen molar-refractivity contribution in [3.8, 4) is 17.3 Å². The van der Waals surface area contributed by atoms with Crippen LogP contribution in [0.1, 0.15) is 82.4 Å². The number of halogens is 5. The topological polar surface area (TPSA) is 102 Å². The minimum atomic E-state index is -1.60. The van der Waals surface area contributed by atoms with Crippen LogP contribution in [0.5, 0.6) is 6.01 Å². The minimum Gasteiger partial charge on any atom is -0.461 e. The fourth-order valence-electron chi connectivity index (χ4n) is 9.26. The highest BCUT2D eigenvalue weighted by Crippen LogP contribution is 2.55. The highest BCUT2D eigenvalue weighted by atomic mass is 35.5. The van der Waals surface area contributed by atoms with E-state index < -0.39 is 41.8 Å². The Bertz CT molecular complexity index is 2050. The summed E-state index contributed by atoms with van der Waals surface area (Å²) in [5, 5.41) is 16.0. The molecule has 0 bridgehead atoms. The van der Waals surface area contributed by atoms with Crippen molar-refractivity contribution in [1.82, 2.24) is 29.6 Å². The summed E-state index contributed by atoms with van der Waals surface area (Å²) in [7, 11) is 0. The number of fused-ring (bicyclic) bond motifs is 3. The molecule has 5 aliphatic rings. The van der Waals surface area contributed by atoms with Crippen molar-refractivity contribution in [2.24, 2.45) is 5.92 Å². The van der Waals surface area contributed by atoms with Crippen molar-refractivity contribution >= 4 is 39.2 Å². The molecule has 9 rings (SSSR count). The highest BCUT2D eigenvalue weighted by Gasteiger charge is 2.49. The summed E-state index contributed by atoms with van der Waals surface area (Å²) < 4.78 is 76.1. The zero-order valence-corrected chi connectivity index (χ0v) is 29.8. The standard InChI is InChI=1S/C37H42ClF4N7O3/c1-20-12-22(20)26-27(23-15-44-49(25-6-2-3-11-51-25)33(23)29(41)28(26)38)32-30(42)31-24(14-43-32)34(47-9-5-8-37(50,17-39)18-47)46-35(45-31)52-19-36-7-4-10-48(36)16-21(40)13-36/h14-15,20-22,25,50H,2-13,16-19H2,1H3/t20-,21+,22+,25?,36-,37-/m0/s1. The molecule has 4 aromatic rings. The Morgan fingerprint density at radius 1 is 1.08 bits per heavy atom. The second-order valence-electron chi connectivity index (χ2n) is 15.7. The smallest absolute Gasteiger partial charge is 0.319 e. The lowest BCUT2D eigenvalue weighted by molar-refractivity contribution is -0.0369. The Kier molecular flexibility index (Phi) is 8.55. The maximum Gasteiger partial charge on any atom is 0.319 e. The zero-order valence-electron chi connectivity index (χ0n) is 29.1. The number of hydrogen-bond acceptors (Lipinski definition) is 9. The van der Waals surface area contributed by atoms with Crippen LogP contribution in [-0.2, 0) is 4.74 Å². The number of nitrogens with zero attached hydrogens (tertiary/aromatic N) is 7. The predicted molar refractivity (Wildman–Crippen MR) is 187 cm³/mol. The third kappa shape index (κ3) is 5.61. The number of pyridine rings is 1. The SMILES string of the molecule is C[C@H]1C[C@H]1c1c(Cl)c(F)c2c(cnn2C2CCCCO2)c1-c1ncc2c(N3CCC[C@](O)(CF)C3)nc(OC[C@@]34CCCN3C[C@H](F)C4)nc2c1F. The van der Waals surface area contributed by atoms with Gasteiger partial charge in [0.15, 0.2) is 17.9 Å². The summed E-state index contributed by atoms with van der Waals surface area (Å²) in [5.41, 5.74) is -1.31. The Labute approximate surface area is 303 Å². The van der Waals surface area contributed by atoms with Crippen LogP contribution in [0, 0.1) is 17.6 Å².